The SMILES string of the molecule is CC1CCCC(CNC2CC(c3ccccc3F)C2)C1. The van der Waals surface area contributed by atoms with Crippen molar-refractivity contribution in [3.05, 3.63) is 35.6 Å². The van der Waals surface area contributed by atoms with Crippen molar-refractivity contribution in [2.24, 2.45) is 11.8 Å². The lowest BCUT2D eigenvalue weighted by molar-refractivity contribution is 0.230. The molecule has 1 N–H and O–H groups in total. The normalized spacial score (nSPS) is 33.7. The van der Waals surface area contributed by atoms with Gasteiger partial charge in [0.25, 0.3) is 0 Å². The van der Waals surface area contributed by atoms with E-state index in [0.717, 1.165) is 30.2 Å². The van der Waals surface area contributed by atoms with E-state index in [4.69, 9.17) is 0 Å². The van der Waals surface area contributed by atoms with Crippen LogP contribution in [0.25, 0.3) is 0 Å². The number of rotatable bonds is 4. The van der Waals surface area contributed by atoms with Crippen LogP contribution in [0.15, 0.2) is 24.3 Å². The minimum absolute atomic E-state index is 0.0305. The Morgan fingerprint density at radius 2 is 1.95 bits per heavy atom. The summed E-state index contributed by atoms with van der Waals surface area (Å²) in [5, 5.41) is 3.71. The summed E-state index contributed by atoms with van der Waals surface area (Å²) in [6, 6.07) is 7.86. The van der Waals surface area contributed by atoms with Crippen molar-refractivity contribution in [2.75, 3.05) is 6.54 Å². The second-order valence-corrected chi connectivity index (χ2v) is 6.93. The molecule has 0 spiro atoms. The van der Waals surface area contributed by atoms with Crippen LogP contribution in [0, 0.1) is 17.7 Å². The Bertz CT molecular complexity index is 439. The van der Waals surface area contributed by atoms with E-state index in [2.05, 4.69) is 12.2 Å². The molecule has 1 aromatic rings. The van der Waals surface area contributed by atoms with Gasteiger partial charge in [0.15, 0.2) is 0 Å². The largest absolute Gasteiger partial charge is 0.314 e. The van der Waals surface area contributed by atoms with Gasteiger partial charge in [-0.25, -0.2) is 4.39 Å². The summed E-state index contributed by atoms with van der Waals surface area (Å²) >= 11 is 0. The summed E-state index contributed by atoms with van der Waals surface area (Å²) in [5.74, 6) is 2.17. The Balaban J connectivity index is 1.41. The van der Waals surface area contributed by atoms with E-state index in [0.29, 0.717) is 12.0 Å². The monoisotopic (exact) mass is 275 g/mol. The predicted molar refractivity (Wildman–Crippen MR) is 81.3 cm³/mol. The van der Waals surface area contributed by atoms with Gasteiger partial charge in [0.05, 0.1) is 0 Å². The van der Waals surface area contributed by atoms with Crippen LogP contribution < -0.4 is 5.32 Å². The molecule has 3 rings (SSSR count). The van der Waals surface area contributed by atoms with Crippen molar-refractivity contribution in [3.8, 4) is 0 Å². The Labute approximate surface area is 122 Å². The van der Waals surface area contributed by atoms with Gasteiger partial charge in [0.2, 0.25) is 0 Å². The molecular weight excluding hydrogens is 249 g/mol. The van der Waals surface area contributed by atoms with Crippen LogP contribution in [-0.2, 0) is 0 Å². The first-order chi connectivity index (χ1) is 9.72. The third-order valence-electron chi connectivity index (χ3n) is 5.22. The summed E-state index contributed by atoms with van der Waals surface area (Å²) in [6.07, 6.45) is 7.79. The molecule has 2 fully saturated rings. The molecule has 2 aliphatic rings. The zero-order chi connectivity index (χ0) is 13.9. The van der Waals surface area contributed by atoms with Gasteiger partial charge in [0.1, 0.15) is 5.82 Å². The predicted octanol–water partition coefficient (Wildman–Crippen LogP) is 4.49. The minimum Gasteiger partial charge on any atom is -0.314 e. The van der Waals surface area contributed by atoms with Crippen LogP contribution in [0.5, 0.6) is 0 Å². The maximum Gasteiger partial charge on any atom is 0.126 e. The van der Waals surface area contributed by atoms with E-state index in [1.165, 1.54) is 32.2 Å². The zero-order valence-corrected chi connectivity index (χ0v) is 12.4. The van der Waals surface area contributed by atoms with E-state index in [1.54, 1.807) is 12.1 Å². The summed E-state index contributed by atoms with van der Waals surface area (Å²) in [4.78, 5) is 0. The zero-order valence-electron chi connectivity index (χ0n) is 12.4. The highest BCUT2D eigenvalue weighted by atomic mass is 19.1. The van der Waals surface area contributed by atoms with Gasteiger partial charge in [-0.2, -0.15) is 0 Å². The Kier molecular flexibility index (Phi) is 4.40. The molecule has 2 aliphatic carbocycles. The first-order valence-corrected chi connectivity index (χ1v) is 8.20. The minimum atomic E-state index is -0.0305. The molecular formula is C18H26FN. The number of benzene rings is 1. The van der Waals surface area contributed by atoms with Crippen LogP contribution in [0.1, 0.15) is 56.9 Å². The maximum absolute atomic E-state index is 13.7. The van der Waals surface area contributed by atoms with Crippen molar-refractivity contribution in [1.29, 1.82) is 0 Å². The third kappa shape index (κ3) is 3.22. The average molecular weight is 275 g/mol. The van der Waals surface area contributed by atoms with Gasteiger partial charge >= 0.3 is 0 Å². The first-order valence-electron chi connectivity index (χ1n) is 8.20. The molecule has 0 amide bonds. The van der Waals surface area contributed by atoms with Gasteiger partial charge in [-0.3, -0.25) is 0 Å². The van der Waals surface area contributed by atoms with Crippen molar-refractivity contribution in [3.63, 3.8) is 0 Å². The number of hydrogen-bond acceptors (Lipinski definition) is 1. The highest BCUT2D eigenvalue weighted by molar-refractivity contribution is 5.24. The molecule has 110 valence electrons. The molecule has 0 aromatic heterocycles. The van der Waals surface area contributed by atoms with Crippen molar-refractivity contribution < 1.29 is 4.39 Å². The highest BCUT2D eigenvalue weighted by Crippen LogP contribution is 2.38. The summed E-state index contributed by atoms with van der Waals surface area (Å²) < 4.78 is 13.7. The van der Waals surface area contributed by atoms with Crippen molar-refractivity contribution in [2.45, 2.75) is 57.4 Å². The molecule has 2 atom stereocenters. The van der Waals surface area contributed by atoms with Crippen LogP contribution in [0.2, 0.25) is 0 Å². The summed E-state index contributed by atoms with van der Waals surface area (Å²) in [7, 11) is 0. The molecule has 0 heterocycles. The highest BCUT2D eigenvalue weighted by Gasteiger charge is 2.32. The lowest BCUT2D eigenvalue weighted by atomic mass is 9.75. The topological polar surface area (TPSA) is 12.0 Å². The molecule has 0 aliphatic heterocycles. The van der Waals surface area contributed by atoms with E-state index >= 15 is 0 Å². The number of halogens is 1. The fraction of sp³-hybridized carbons (Fsp3) is 0.667. The Morgan fingerprint density at radius 3 is 2.70 bits per heavy atom. The molecule has 20 heavy (non-hydrogen) atoms. The number of hydrogen-bond donors (Lipinski definition) is 1. The van der Waals surface area contributed by atoms with Gasteiger partial charge in [-0.15, -0.1) is 0 Å². The molecule has 0 radical (unpaired) electrons. The van der Waals surface area contributed by atoms with Gasteiger partial charge < -0.3 is 5.32 Å². The van der Waals surface area contributed by atoms with Crippen molar-refractivity contribution in [1.82, 2.24) is 5.32 Å². The molecule has 1 nitrogen and oxygen atoms in total. The Morgan fingerprint density at radius 1 is 1.15 bits per heavy atom. The van der Waals surface area contributed by atoms with Crippen LogP contribution >= 0.6 is 0 Å². The lowest BCUT2D eigenvalue weighted by Gasteiger charge is -2.38. The molecule has 2 saturated carbocycles. The second-order valence-electron chi connectivity index (χ2n) is 6.93. The second kappa shape index (κ2) is 6.26. The van der Waals surface area contributed by atoms with E-state index < -0.39 is 0 Å². The fourth-order valence-corrected chi connectivity index (χ4v) is 3.92. The van der Waals surface area contributed by atoms with E-state index in [1.807, 2.05) is 12.1 Å². The van der Waals surface area contributed by atoms with Gasteiger partial charge in [-0.1, -0.05) is 38.0 Å². The summed E-state index contributed by atoms with van der Waals surface area (Å²) in [6.45, 7) is 3.54. The quantitative estimate of drug-likeness (QED) is 0.854. The molecule has 0 bridgehead atoms. The fourth-order valence-electron chi connectivity index (χ4n) is 3.92. The van der Waals surface area contributed by atoms with Crippen molar-refractivity contribution >= 4 is 0 Å². The van der Waals surface area contributed by atoms with Crippen LogP contribution in [0.3, 0.4) is 0 Å². The van der Waals surface area contributed by atoms with Gasteiger partial charge in [-0.05, 0) is 61.6 Å². The molecule has 0 saturated heterocycles. The molecule has 2 heteroatoms. The maximum atomic E-state index is 13.7. The molecule has 1 aromatic carbocycles. The third-order valence-corrected chi connectivity index (χ3v) is 5.22. The lowest BCUT2D eigenvalue weighted by Crippen LogP contribution is -2.43. The van der Waals surface area contributed by atoms with Crippen LogP contribution in [0.4, 0.5) is 4.39 Å². The Hall–Kier alpha value is -0.890. The first kappa shape index (κ1) is 14.1. The van der Waals surface area contributed by atoms with Crippen LogP contribution in [-0.4, -0.2) is 12.6 Å². The smallest absolute Gasteiger partial charge is 0.126 e. The average Bonchev–Trinajstić information content (AvgIpc) is 2.39. The standard InChI is InChI=1S/C18H26FN/c1-13-5-4-6-14(9-13)12-20-16-10-15(11-16)17-7-2-3-8-18(17)19/h2-3,7-8,13-16,20H,4-6,9-12H2,1H3. The van der Waals surface area contributed by atoms with Gasteiger partial charge in [0, 0.05) is 6.04 Å². The van der Waals surface area contributed by atoms with E-state index in [9.17, 15) is 4.39 Å². The molecule has 2 unspecified atom stereocenters. The van der Waals surface area contributed by atoms with E-state index in [-0.39, 0.29) is 5.82 Å². The number of nitrogens with one attached hydrogen (secondary N) is 1. The summed E-state index contributed by atoms with van der Waals surface area (Å²) in [5.41, 5.74) is 0.914.